The minimum absolute atomic E-state index is 0.201. The van der Waals surface area contributed by atoms with Gasteiger partial charge >= 0.3 is 0 Å². The number of carbonyl (C=O) groups excluding carboxylic acids is 1. The molecule has 1 nitrogen and oxygen atoms in total. The molecule has 62 valence electrons. The van der Waals surface area contributed by atoms with Gasteiger partial charge in [0.2, 0.25) is 0 Å². The maximum absolute atomic E-state index is 10.7. The minimum Gasteiger partial charge on any atom is -0.295 e. The molecule has 0 spiro atoms. The average Bonchev–Trinajstić information content (AvgIpc) is 1.97. The first kappa shape index (κ1) is 10.2. The van der Waals surface area contributed by atoms with E-state index in [9.17, 15) is 4.79 Å². The Morgan fingerprint density at radius 1 is 1.36 bits per heavy atom. The molecule has 0 bridgehead atoms. The lowest BCUT2D eigenvalue weighted by atomic mass is 10.2. The third-order valence-corrected chi connectivity index (χ3v) is 1.31. The highest BCUT2D eigenvalue weighted by Crippen LogP contribution is 1.94. The van der Waals surface area contributed by atoms with E-state index in [0.717, 1.165) is 6.42 Å². The quantitative estimate of drug-likeness (QED) is 0.447. The van der Waals surface area contributed by atoms with E-state index >= 15 is 0 Å². The van der Waals surface area contributed by atoms with Gasteiger partial charge in [0.15, 0.2) is 5.78 Å². The summed E-state index contributed by atoms with van der Waals surface area (Å²) in [5.41, 5.74) is 1.29. The number of hydrogen-bond acceptors (Lipinski definition) is 1. The normalized spacial score (nSPS) is 10.1. The molecule has 1 heteroatoms. The predicted octanol–water partition coefficient (Wildman–Crippen LogP) is 2.88. The Morgan fingerprint density at radius 2 is 2.00 bits per heavy atom. The highest BCUT2D eigenvalue weighted by molar-refractivity contribution is 5.89. The summed E-state index contributed by atoms with van der Waals surface area (Å²) in [5, 5.41) is 0. The molecule has 0 radical (unpaired) electrons. The molecular formula is C10H16O. The molecule has 0 rings (SSSR count). The fourth-order valence-electron chi connectivity index (χ4n) is 0.621. The van der Waals surface area contributed by atoms with Crippen molar-refractivity contribution < 1.29 is 4.79 Å². The van der Waals surface area contributed by atoms with Crippen LogP contribution in [0.15, 0.2) is 23.8 Å². The molecule has 0 saturated heterocycles. The van der Waals surface area contributed by atoms with Gasteiger partial charge in [-0.15, -0.1) is 0 Å². The molecule has 0 atom stereocenters. The van der Waals surface area contributed by atoms with Crippen molar-refractivity contribution in [2.45, 2.75) is 33.6 Å². The molecule has 0 aromatic rings. The van der Waals surface area contributed by atoms with Gasteiger partial charge in [-0.1, -0.05) is 24.6 Å². The van der Waals surface area contributed by atoms with E-state index in [-0.39, 0.29) is 5.78 Å². The second-order valence-electron chi connectivity index (χ2n) is 2.74. The fourth-order valence-corrected chi connectivity index (χ4v) is 0.621. The molecule has 0 N–H and O–H groups in total. The first-order valence-corrected chi connectivity index (χ1v) is 3.99. The highest BCUT2D eigenvalue weighted by Gasteiger charge is 1.86. The van der Waals surface area contributed by atoms with Crippen LogP contribution < -0.4 is 0 Å². The van der Waals surface area contributed by atoms with Gasteiger partial charge in [0.05, 0.1) is 0 Å². The third-order valence-electron chi connectivity index (χ3n) is 1.31. The zero-order chi connectivity index (χ0) is 8.69. The lowest BCUT2D eigenvalue weighted by Gasteiger charge is -1.86. The van der Waals surface area contributed by atoms with Gasteiger partial charge in [-0.25, -0.2) is 0 Å². The van der Waals surface area contributed by atoms with Crippen molar-refractivity contribution in [3.63, 3.8) is 0 Å². The van der Waals surface area contributed by atoms with Gasteiger partial charge < -0.3 is 0 Å². The second kappa shape index (κ2) is 5.90. The van der Waals surface area contributed by atoms with Crippen molar-refractivity contribution in [1.29, 1.82) is 0 Å². The van der Waals surface area contributed by atoms with Crippen molar-refractivity contribution in [3.8, 4) is 0 Å². The smallest absolute Gasteiger partial charge is 0.155 e. The van der Waals surface area contributed by atoms with Crippen molar-refractivity contribution in [3.05, 3.63) is 23.8 Å². The van der Waals surface area contributed by atoms with Gasteiger partial charge in [-0.05, 0) is 26.3 Å². The Labute approximate surface area is 68.8 Å². The Morgan fingerprint density at radius 3 is 2.45 bits per heavy atom. The standard InChI is InChI=1S/C10H16O/c1-4-10(11)8-6-5-7-9(2)3/h6-8H,4-5H2,1-3H3/b8-6+. The molecule has 11 heavy (non-hydrogen) atoms. The first-order chi connectivity index (χ1) is 5.16. The van der Waals surface area contributed by atoms with Gasteiger partial charge in [0.1, 0.15) is 0 Å². The lowest BCUT2D eigenvalue weighted by molar-refractivity contribution is -0.114. The lowest BCUT2D eigenvalue weighted by Crippen LogP contribution is -1.86. The van der Waals surface area contributed by atoms with Crippen LogP contribution in [-0.2, 0) is 4.79 Å². The number of carbonyl (C=O) groups is 1. The summed E-state index contributed by atoms with van der Waals surface area (Å²) in [7, 11) is 0. The van der Waals surface area contributed by atoms with Crippen LogP contribution >= 0.6 is 0 Å². The molecule has 0 unspecified atom stereocenters. The van der Waals surface area contributed by atoms with Gasteiger partial charge in [-0.2, -0.15) is 0 Å². The third kappa shape index (κ3) is 7.04. The summed E-state index contributed by atoms with van der Waals surface area (Å²) >= 11 is 0. The largest absolute Gasteiger partial charge is 0.295 e. The van der Waals surface area contributed by atoms with E-state index in [0.29, 0.717) is 6.42 Å². The zero-order valence-electron chi connectivity index (χ0n) is 7.55. The Kier molecular flexibility index (Phi) is 5.44. The number of ketones is 1. The molecule has 0 aromatic heterocycles. The topological polar surface area (TPSA) is 17.1 Å². The van der Waals surface area contributed by atoms with Crippen molar-refractivity contribution in [1.82, 2.24) is 0 Å². The molecule has 0 fully saturated rings. The summed E-state index contributed by atoms with van der Waals surface area (Å²) in [5.74, 6) is 0.201. The van der Waals surface area contributed by atoms with E-state index in [4.69, 9.17) is 0 Å². The van der Waals surface area contributed by atoms with Crippen LogP contribution in [0.1, 0.15) is 33.6 Å². The molecule has 0 amide bonds. The SMILES string of the molecule is CCC(=O)/C=C/CC=C(C)C. The van der Waals surface area contributed by atoms with E-state index in [1.54, 1.807) is 6.08 Å². The average molecular weight is 152 g/mol. The van der Waals surface area contributed by atoms with E-state index in [2.05, 4.69) is 19.9 Å². The zero-order valence-corrected chi connectivity index (χ0v) is 7.55. The van der Waals surface area contributed by atoms with Crippen LogP contribution in [-0.4, -0.2) is 5.78 Å². The van der Waals surface area contributed by atoms with E-state index < -0.39 is 0 Å². The monoisotopic (exact) mass is 152 g/mol. The van der Waals surface area contributed by atoms with Crippen molar-refractivity contribution in [2.24, 2.45) is 0 Å². The Bertz CT molecular complexity index is 171. The van der Waals surface area contributed by atoms with E-state index in [1.807, 2.05) is 13.0 Å². The van der Waals surface area contributed by atoms with Crippen molar-refractivity contribution >= 4 is 5.78 Å². The molecule has 0 aliphatic rings. The fraction of sp³-hybridized carbons (Fsp3) is 0.500. The number of allylic oxidation sites excluding steroid dienone is 4. The summed E-state index contributed by atoms with van der Waals surface area (Å²) in [6.07, 6.45) is 7.12. The van der Waals surface area contributed by atoms with Gasteiger partial charge in [0.25, 0.3) is 0 Å². The predicted molar refractivity (Wildman–Crippen MR) is 48.5 cm³/mol. The van der Waals surface area contributed by atoms with Gasteiger partial charge in [-0.3, -0.25) is 4.79 Å². The summed E-state index contributed by atoms with van der Waals surface area (Å²) in [4.78, 5) is 10.7. The number of hydrogen-bond donors (Lipinski definition) is 0. The maximum atomic E-state index is 10.7. The first-order valence-electron chi connectivity index (χ1n) is 3.99. The summed E-state index contributed by atoms with van der Waals surface area (Å²) in [6.45, 7) is 5.97. The maximum Gasteiger partial charge on any atom is 0.155 e. The van der Waals surface area contributed by atoms with Crippen LogP contribution in [0.3, 0.4) is 0 Å². The molecule has 0 aliphatic heterocycles. The van der Waals surface area contributed by atoms with Gasteiger partial charge in [0, 0.05) is 6.42 Å². The molecule has 0 aromatic carbocycles. The van der Waals surface area contributed by atoms with Crippen LogP contribution in [0.5, 0.6) is 0 Å². The summed E-state index contributed by atoms with van der Waals surface area (Å²) in [6, 6.07) is 0. The Hall–Kier alpha value is -0.850. The summed E-state index contributed by atoms with van der Waals surface area (Å²) < 4.78 is 0. The molecule has 0 saturated carbocycles. The molecule has 0 heterocycles. The minimum atomic E-state index is 0.201. The number of rotatable bonds is 4. The van der Waals surface area contributed by atoms with E-state index in [1.165, 1.54) is 5.57 Å². The Balaban J connectivity index is 3.61. The second-order valence-corrected chi connectivity index (χ2v) is 2.74. The van der Waals surface area contributed by atoms with Crippen LogP contribution in [0.25, 0.3) is 0 Å². The van der Waals surface area contributed by atoms with Crippen LogP contribution in [0, 0.1) is 0 Å². The highest BCUT2D eigenvalue weighted by atomic mass is 16.1. The van der Waals surface area contributed by atoms with Crippen LogP contribution in [0.2, 0.25) is 0 Å². The molecule has 0 aliphatic carbocycles. The molecular weight excluding hydrogens is 136 g/mol. The van der Waals surface area contributed by atoms with Crippen LogP contribution in [0.4, 0.5) is 0 Å². The van der Waals surface area contributed by atoms with Crippen molar-refractivity contribution in [2.75, 3.05) is 0 Å².